The lowest BCUT2D eigenvalue weighted by Crippen LogP contribution is -2.24. The number of aromatic nitrogens is 4. The summed E-state index contributed by atoms with van der Waals surface area (Å²) in [6, 6.07) is 7.77. The number of aromatic amines is 1. The van der Waals surface area contributed by atoms with E-state index in [1.165, 1.54) is 0 Å². The van der Waals surface area contributed by atoms with E-state index >= 15 is 0 Å². The van der Waals surface area contributed by atoms with Crippen LogP contribution < -0.4 is 10.9 Å². The topological polar surface area (TPSA) is 88.7 Å². The molecule has 3 aromatic heterocycles. The maximum atomic E-state index is 12.5. The van der Waals surface area contributed by atoms with Crippen molar-refractivity contribution in [2.75, 3.05) is 5.32 Å². The van der Waals surface area contributed by atoms with E-state index in [0.717, 1.165) is 22.3 Å². The Kier molecular flexibility index (Phi) is 3.83. The van der Waals surface area contributed by atoms with E-state index in [-0.39, 0.29) is 17.1 Å². The number of furan rings is 1. The van der Waals surface area contributed by atoms with E-state index in [4.69, 9.17) is 4.42 Å². The van der Waals surface area contributed by atoms with E-state index in [1.807, 2.05) is 58.9 Å². The first-order valence-electron chi connectivity index (χ1n) is 8.99. The molecule has 1 atom stereocenters. The van der Waals surface area contributed by atoms with Crippen LogP contribution in [0.1, 0.15) is 45.1 Å². The molecule has 4 aromatic rings. The maximum absolute atomic E-state index is 12.5. The molecule has 140 valence electrons. The van der Waals surface area contributed by atoms with Gasteiger partial charge in [0, 0.05) is 10.9 Å². The van der Waals surface area contributed by atoms with Gasteiger partial charge in [0.2, 0.25) is 5.95 Å². The Bertz CT molecular complexity index is 1190. The highest BCUT2D eigenvalue weighted by Crippen LogP contribution is 2.30. The molecule has 7 heteroatoms. The van der Waals surface area contributed by atoms with Crippen molar-refractivity contribution in [2.45, 2.75) is 46.2 Å². The number of hydrogen-bond acceptors (Lipinski definition) is 5. The molecule has 2 N–H and O–H groups in total. The van der Waals surface area contributed by atoms with Crippen LogP contribution in [0.5, 0.6) is 0 Å². The molecule has 0 radical (unpaired) electrons. The molecule has 1 aromatic carbocycles. The smallest absolute Gasteiger partial charge is 0.263 e. The number of rotatable bonds is 3. The van der Waals surface area contributed by atoms with Gasteiger partial charge in [0.05, 0.1) is 17.8 Å². The monoisotopic (exact) mass is 365 g/mol. The Morgan fingerprint density at radius 3 is 2.67 bits per heavy atom. The van der Waals surface area contributed by atoms with E-state index in [2.05, 4.69) is 20.4 Å². The Balaban J connectivity index is 1.74. The van der Waals surface area contributed by atoms with Crippen LogP contribution in [0, 0.1) is 6.92 Å². The van der Waals surface area contributed by atoms with Crippen LogP contribution in [-0.4, -0.2) is 19.7 Å². The first kappa shape index (κ1) is 17.3. The van der Waals surface area contributed by atoms with Crippen molar-refractivity contribution in [3.63, 3.8) is 0 Å². The molecule has 27 heavy (non-hydrogen) atoms. The molecular formula is C20H23N5O2. The summed E-state index contributed by atoms with van der Waals surface area (Å²) in [5, 5.41) is 9.16. The third kappa shape index (κ3) is 2.89. The molecular weight excluding hydrogens is 342 g/mol. The lowest BCUT2D eigenvalue weighted by atomic mass is 10.1. The van der Waals surface area contributed by atoms with Gasteiger partial charge in [0.25, 0.3) is 5.56 Å². The molecule has 0 spiro atoms. The van der Waals surface area contributed by atoms with Crippen LogP contribution in [0.3, 0.4) is 0 Å². The van der Waals surface area contributed by atoms with Crippen LogP contribution in [0.2, 0.25) is 0 Å². The molecule has 1 unspecified atom stereocenters. The van der Waals surface area contributed by atoms with Crippen molar-refractivity contribution in [3.8, 4) is 0 Å². The molecule has 0 bridgehead atoms. The van der Waals surface area contributed by atoms with Gasteiger partial charge in [-0.3, -0.25) is 9.78 Å². The van der Waals surface area contributed by atoms with Crippen LogP contribution in [0.15, 0.2) is 39.7 Å². The summed E-state index contributed by atoms with van der Waals surface area (Å²) < 4.78 is 7.78. The molecule has 0 saturated carbocycles. The van der Waals surface area contributed by atoms with Crippen molar-refractivity contribution >= 4 is 28.0 Å². The van der Waals surface area contributed by atoms with Gasteiger partial charge in [0.15, 0.2) is 5.65 Å². The number of aryl methyl sites for hydroxylation is 1. The van der Waals surface area contributed by atoms with Crippen molar-refractivity contribution in [1.29, 1.82) is 0 Å². The Morgan fingerprint density at radius 2 is 1.96 bits per heavy atom. The molecule has 0 amide bonds. The first-order valence-corrected chi connectivity index (χ1v) is 8.99. The minimum absolute atomic E-state index is 0.163. The molecule has 0 saturated heterocycles. The quantitative estimate of drug-likeness (QED) is 0.570. The number of anilines is 1. The first-order chi connectivity index (χ1) is 12.8. The lowest BCUT2D eigenvalue weighted by Gasteiger charge is -2.20. The summed E-state index contributed by atoms with van der Waals surface area (Å²) in [4.78, 5) is 19.9. The highest BCUT2D eigenvalue weighted by molar-refractivity contribution is 5.82. The fourth-order valence-corrected chi connectivity index (χ4v) is 3.35. The Hall–Kier alpha value is -3.09. The summed E-state index contributed by atoms with van der Waals surface area (Å²) in [5.41, 5.74) is 1.99. The van der Waals surface area contributed by atoms with Crippen LogP contribution in [-0.2, 0) is 5.54 Å². The standard InChI is InChI=1S/C20H23N5O2/c1-11-13-8-6-7-9-15(13)27-16(11)12(2)22-19-23-17-14(18(26)24-19)10-21-25(17)20(3,4)5/h6-10,12H,1-5H3,(H2,22,23,24,26). The highest BCUT2D eigenvalue weighted by atomic mass is 16.3. The highest BCUT2D eigenvalue weighted by Gasteiger charge is 2.21. The number of nitrogens with one attached hydrogen (secondary N) is 2. The van der Waals surface area contributed by atoms with Crippen molar-refractivity contribution < 1.29 is 4.42 Å². The maximum Gasteiger partial charge on any atom is 0.263 e. The van der Waals surface area contributed by atoms with Gasteiger partial charge in [-0.05, 0) is 40.7 Å². The van der Waals surface area contributed by atoms with Gasteiger partial charge in [-0.2, -0.15) is 10.1 Å². The minimum Gasteiger partial charge on any atom is -0.459 e. The number of benzene rings is 1. The predicted octanol–water partition coefficient (Wildman–Crippen LogP) is 4.10. The lowest BCUT2D eigenvalue weighted by molar-refractivity contribution is 0.366. The largest absolute Gasteiger partial charge is 0.459 e. The molecule has 0 aliphatic carbocycles. The van der Waals surface area contributed by atoms with Gasteiger partial charge in [-0.1, -0.05) is 18.2 Å². The zero-order chi connectivity index (χ0) is 19.3. The third-order valence-corrected chi connectivity index (χ3v) is 4.70. The Morgan fingerprint density at radius 1 is 1.22 bits per heavy atom. The van der Waals surface area contributed by atoms with Crippen molar-refractivity contribution in [2.24, 2.45) is 0 Å². The second-order valence-electron chi connectivity index (χ2n) is 7.83. The van der Waals surface area contributed by atoms with Gasteiger partial charge >= 0.3 is 0 Å². The van der Waals surface area contributed by atoms with Gasteiger partial charge in [0.1, 0.15) is 16.7 Å². The van der Waals surface area contributed by atoms with E-state index in [9.17, 15) is 4.79 Å². The summed E-state index contributed by atoms with van der Waals surface area (Å²) in [6.07, 6.45) is 1.56. The predicted molar refractivity (Wildman–Crippen MR) is 106 cm³/mol. The Labute approximate surface area is 156 Å². The van der Waals surface area contributed by atoms with Gasteiger partial charge < -0.3 is 9.73 Å². The molecule has 0 aliphatic heterocycles. The summed E-state index contributed by atoms with van der Waals surface area (Å²) in [7, 11) is 0. The second kappa shape index (κ2) is 5.97. The summed E-state index contributed by atoms with van der Waals surface area (Å²) in [5.74, 6) is 1.22. The van der Waals surface area contributed by atoms with Gasteiger partial charge in [-0.25, -0.2) is 4.68 Å². The summed E-state index contributed by atoms with van der Waals surface area (Å²) in [6.45, 7) is 10.1. The molecule has 0 fully saturated rings. The molecule has 4 rings (SSSR count). The van der Waals surface area contributed by atoms with Crippen LogP contribution in [0.25, 0.3) is 22.0 Å². The van der Waals surface area contributed by atoms with E-state index < -0.39 is 0 Å². The fraction of sp³-hybridized carbons (Fsp3) is 0.350. The van der Waals surface area contributed by atoms with Crippen LogP contribution in [0.4, 0.5) is 5.95 Å². The second-order valence-corrected chi connectivity index (χ2v) is 7.83. The van der Waals surface area contributed by atoms with E-state index in [1.54, 1.807) is 10.9 Å². The normalized spacial score (nSPS) is 13.4. The number of fused-ring (bicyclic) bond motifs is 2. The molecule has 3 heterocycles. The fourth-order valence-electron chi connectivity index (χ4n) is 3.35. The van der Waals surface area contributed by atoms with E-state index in [0.29, 0.717) is 17.0 Å². The number of hydrogen-bond donors (Lipinski definition) is 2. The minimum atomic E-state index is -0.277. The van der Waals surface area contributed by atoms with Crippen molar-refractivity contribution in [3.05, 3.63) is 52.1 Å². The SMILES string of the molecule is Cc1c(C(C)Nc2nc3c(cnn3C(C)(C)C)c(=O)[nH]2)oc2ccccc12. The van der Waals surface area contributed by atoms with Gasteiger partial charge in [-0.15, -0.1) is 0 Å². The zero-order valence-corrected chi connectivity index (χ0v) is 16.1. The average molecular weight is 365 g/mol. The molecule has 0 aliphatic rings. The average Bonchev–Trinajstić information content (AvgIpc) is 3.17. The zero-order valence-electron chi connectivity index (χ0n) is 16.1. The third-order valence-electron chi connectivity index (χ3n) is 4.70. The van der Waals surface area contributed by atoms with Crippen LogP contribution >= 0.6 is 0 Å². The summed E-state index contributed by atoms with van der Waals surface area (Å²) >= 11 is 0. The number of para-hydroxylation sites is 1. The number of H-pyrrole nitrogens is 1. The van der Waals surface area contributed by atoms with Crippen molar-refractivity contribution in [1.82, 2.24) is 19.7 Å². The molecule has 7 nitrogen and oxygen atoms in total. The number of nitrogens with zero attached hydrogens (tertiary/aromatic N) is 3.